The van der Waals surface area contributed by atoms with E-state index in [4.69, 9.17) is 26.1 Å². The number of aromatic nitrogens is 4. The molecule has 1 atom stereocenters. The molecule has 0 saturated heterocycles. The molecule has 5 rings (SSSR count). The first-order valence-electron chi connectivity index (χ1n) is 15.0. The molecule has 0 fully saturated rings. The largest absolute Gasteiger partial charge is 0.377 e. The van der Waals surface area contributed by atoms with Gasteiger partial charge in [0.05, 0.1) is 38.6 Å². The summed E-state index contributed by atoms with van der Waals surface area (Å²) in [5.41, 5.74) is 4.74. The van der Waals surface area contributed by atoms with Crippen LogP contribution in [0.4, 0.5) is 0 Å². The van der Waals surface area contributed by atoms with Crippen LogP contribution in [0.15, 0.2) is 59.9 Å². The van der Waals surface area contributed by atoms with Crippen LogP contribution in [-0.2, 0) is 19.1 Å². The lowest BCUT2D eigenvalue weighted by Crippen LogP contribution is -2.29. The smallest absolute Gasteiger partial charge is 0.244 e. The number of amides is 2. The number of halogens is 1. The van der Waals surface area contributed by atoms with Gasteiger partial charge >= 0.3 is 0 Å². The van der Waals surface area contributed by atoms with Crippen molar-refractivity contribution in [2.75, 3.05) is 39.5 Å². The molecule has 0 bridgehead atoms. The molecule has 2 N–H and O–H groups in total. The highest BCUT2D eigenvalue weighted by molar-refractivity contribution is 7.15. The summed E-state index contributed by atoms with van der Waals surface area (Å²) in [5.74, 6) is 1.01. The second-order valence-corrected chi connectivity index (χ2v) is 12.2. The molecule has 13 heteroatoms. The SMILES string of the molecule is Cc1sc2c(c1C)C(c1ccc(Cl)cc1)=N[C@@H](CC(=O)NCCOCCOCCNC(=O)/C=C/c1cccnc1)c1nnc(C)n1-2. The summed E-state index contributed by atoms with van der Waals surface area (Å²) < 4.78 is 13.1. The molecule has 0 spiro atoms. The van der Waals surface area contributed by atoms with Crippen molar-refractivity contribution in [1.82, 2.24) is 30.4 Å². The van der Waals surface area contributed by atoms with E-state index in [1.807, 2.05) is 47.9 Å². The summed E-state index contributed by atoms with van der Waals surface area (Å²) in [5, 5.41) is 16.1. The second-order valence-electron chi connectivity index (χ2n) is 10.6. The van der Waals surface area contributed by atoms with E-state index in [9.17, 15) is 9.59 Å². The van der Waals surface area contributed by atoms with Crippen molar-refractivity contribution < 1.29 is 19.1 Å². The minimum absolute atomic E-state index is 0.106. The number of pyridine rings is 1. The summed E-state index contributed by atoms with van der Waals surface area (Å²) in [7, 11) is 0. The molecular weight excluding hydrogens is 626 g/mol. The van der Waals surface area contributed by atoms with Gasteiger partial charge in [0, 0.05) is 52.6 Å². The quantitative estimate of drug-likeness (QED) is 0.150. The second kappa shape index (κ2) is 15.9. The Morgan fingerprint density at radius 1 is 1.00 bits per heavy atom. The van der Waals surface area contributed by atoms with E-state index < -0.39 is 6.04 Å². The zero-order chi connectivity index (χ0) is 32.5. The van der Waals surface area contributed by atoms with Gasteiger partial charge in [0.2, 0.25) is 11.8 Å². The highest BCUT2D eigenvalue weighted by Gasteiger charge is 2.32. The van der Waals surface area contributed by atoms with Gasteiger partial charge in [-0.25, -0.2) is 0 Å². The van der Waals surface area contributed by atoms with Gasteiger partial charge in [-0.2, -0.15) is 0 Å². The summed E-state index contributed by atoms with van der Waals surface area (Å²) in [6.07, 6.45) is 6.62. The number of aryl methyl sites for hydroxylation is 2. The minimum atomic E-state index is -0.535. The lowest BCUT2D eigenvalue weighted by atomic mass is 9.99. The third-order valence-corrected chi connectivity index (χ3v) is 8.78. The van der Waals surface area contributed by atoms with E-state index in [2.05, 4.69) is 39.7 Å². The maximum absolute atomic E-state index is 13.1. The van der Waals surface area contributed by atoms with Crippen molar-refractivity contribution in [1.29, 1.82) is 0 Å². The monoisotopic (exact) mass is 661 g/mol. The van der Waals surface area contributed by atoms with E-state index in [1.165, 1.54) is 11.0 Å². The number of nitrogens with one attached hydrogen (secondary N) is 2. The molecule has 1 aliphatic heterocycles. The Morgan fingerprint density at radius 3 is 2.46 bits per heavy atom. The first kappa shape index (κ1) is 33.1. The molecule has 11 nitrogen and oxygen atoms in total. The standard InChI is InChI=1S/C33H36ClN7O4S/c1-21-22(2)46-33-30(21)31(25-7-9-26(34)10-8-25)38-27(32-40-39-23(3)41(32)33)19-29(43)37-14-16-45-18-17-44-15-13-36-28(42)11-6-24-5-4-12-35-20-24/h4-12,20,27H,13-19H2,1-3H3,(H,36,42)(H,37,43)/b11-6+/t27-/m0/s1. The number of nitrogens with zero attached hydrogens (tertiary/aromatic N) is 5. The molecule has 46 heavy (non-hydrogen) atoms. The Morgan fingerprint density at radius 2 is 1.74 bits per heavy atom. The fourth-order valence-corrected chi connectivity index (χ4v) is 6.26. The molecule has 0 unspecified atom stereocenters. The number of carbonyl (C=O) groups excluding carboxylic acids is 2. The molecule has 0 saturated carbocycles. The average Bonchev–Trinajstić information content (AvgIpc) is 3.53. The van der Waals surface area contributed by atoms with Crippen LogP contribution < -0.4 is 10.6 Å². The number of carbonyl (C=O) groups is 2. The summed E-state index contributed by atoms with van der Waals surface area (Å²) in [6, 6.07) is 10.7. The number of rotatable bonds is 14. The van der Waals surface area contributed by atoms with E-state index >= 15 is 0 Å². The van der Waals surface area contributed by atoms with Gasteiger partial charge in [-0.1, -0.05) is 29.8 Å². The first-order chi connectivity index (χ1) is 22.3. The molecule has 1 aromatic carbocycles. The zero-order valence-electron chi connectivity index (χ0n) is 26.0. The number of thiophene rings is 1. The Labute approximate surface area is 276 Å². The van der Waals surface area contributed by atoms with Crippen LogP contribution in [0.2, 0.25) is 5.02 Å². The molecule has 0 aliphatic carbocycles. The van der Waals surface area contributed by atoms with Crippen LogP contribution in [0.25, 0.3) is 11.1 Å². The van der Waals surface area contributed by atoms with Crippen LogP contribution in [-0.4, -0.2) is 76.8 Å². The summed E-state index contributed by atoms with van der Waals surface area (Å²) in [6.45, 7) is 8.26. The zero-order valence-corrected chi connectivity index (χ0v) is 27.5. The third kappa shape index (κ3) is 8.32. The van der Waals surface area contributed by atoms with E-state index in [1.54, 1.807) is 29.8 Å². The third-order valence-electron chi connectivity index (χ3n) is 7.33. The maximum Gasteiger partial charge on any atom is 0.244 e. The van der Waals surface area contributed by atoms with E-state index in [0.29, 0.717) is 50.4 Å². The van der Waals surface area contributed by atoms with Gasteiger partial charge in [-0.05, 0) is 56.2 Å². The molecule has 240 valence electrons. The van der Waals surface area contributed by atoms with Gasteiger partial charge in [-0.15, -0.1) is 21.5 Å². The normalized spacial score (nSPS) is 14.0. The lowest BCUT2D eigenvalue weighted by Gasteiger charge is -2.13. The van der Waals surface area contributed by atoms with Gasteiger partial charge in [0.1, 0.15) is 16.9 Å². The Balaban J connectivity index is 1.08. The van der Waals surface area contributed by atoms with Gasteiger partial charge in [0.15, 0.2) is 5.82 Å². The molecule has 4 heterocycles. The van der Waals surface area contributed by atoms with Crippen LogP contribution >= 0.6 is 22.9 Å². The minimum Gasteiger partial charge on any atom is -0.377 e. The van der Waals surface area contributed by atoms with E-state index in [-0.39, 0.29) is 18.2 Å². The Kier molecular flexibility index (Phi) is 11.4. The Bertz CT molecular complexity index is 1720. The van der Waals surface area contributed by atoms with Gasteiger partial charge in [-0.3, -0.25) is 24.1 Å². The molecule has 3 aromatic heterocycles. The highest BCUT2D eigenvalue weighted by atomic mass is 35.5. The van der Waals surface area contributed by atoms with Crippen LogP contribution in [0, 0.1) is 20.8 Å². The average molecular weight is 662 g/mol. The summed E-state index contributed by atoms with van der Waals surface area (Å²) in [4.78, 5) is 35.3. The molecule has 4 aromatic rings. The number of hydrogen-bond donors (Lipinski definition) is 2. The Hall–Kier alpha value is -4.23. The van der Waals surface area contributed by atoms with Gasteiger partial charge in [0.25, 0.3) is 0 Å². The van der Waals surface area contributed by atoms with Crippen molar-refractivity contribution >= 4 is 46.5 Å². The fourth-order valence-electron chi connectivity index (χ4n) is 4.92. The van der Waals surface area contributed by atoms with Crippen LogP contribution in [0.3, 0.4) is 0 Å². The fraction of sp³-hybridized carbons (Fsp3) is 0.333. The molecule has 0 radical (unpaired) electrons. The van der Waals surface area contributed by atoms with Crippen molar-refractivity contribution in [3.8, 4) is 5.00 Å². The molecular formula is C33H36ClN7O4S. The predicted octanol–water partition coefficient (Wildman–Crippen LogP) is 4.56. The van der Waals surface area contributed by atoms with E-state index in [0.717, 1.165) is 38.8 Å². The summed E-state index contributed by atoms with van der Waals surface area (Å²) >= 11 is 7.86. The number of hydrogen-bond acceptors (Lipinski definition) is 9. The molecule has 2 amide bonds. The molecule has 1 aliphatic rings. The topological polar surface area (TPSA) is 133 Å². The van der Waals surface area contributed by atoms with Crippen LogP contribution in [0.5, 0.6) is 0 Å². The van der Waals surface area contributed by atoms with Crippen molar-refractivity contribution in [3.05, 3.63) is 98.7 Å². The number of aliphatic imine (C=N–C) groups is 1. The highest BCUT2D eigenvalue weighted by Crippen LogP contribution is 2.39. The number of benzene rings is 1. The van der Waals surface area contributed by atoms with Crippen LogP contribution in [0.1, 0.15) is 51.2 Å². The van der Waals surface area contributed by atoms with Crippen molar-refractivity contribution in [3.63, 3.8) is 0 Å². The van der Waals surface area contributed by atoms with Gasteiger partial charge < -0.3 is 20.1 Å². The predicted molar refractivity (Wildman–Crippen MR) is 179 cm³/mol. The number of fused-ring (bicyclic) bond motifs is 3. The first-order valence-corrected chi connectivity index (χ1v) is 16.2. The lowest BCUT2D eigenvalue weighted by molar-refractivity contribution is -0.121. The van der Waals surface area contributed by atoms with Crippen molar-refractivity contribution in [2.45, 2.75) is 33.2 Å². The van der Waals surface area contributed by atoms with Crippen molar-refractivity contribution in [2.24, 2.45) is 4.99 Å². The number of ether oxygens (including phenoxy) is 2. The maximum atomic E-state index is 13.1.